The van der Waals surface area contributed by atoms with Crippen molar-refractivity contribution in [2.24, 2.45) is 0 Å². The van der Waals surface area contributed by atoms with Crippen molar-refractivity contribution in [2.45, 2.75) is 0 Å². The molecule has 5 heteroatoms. The smallest absolute Gasteiger partial charge is 0.184 e. The third kappa shape index (κ3) is 1.95. The van der Waals surface area contributed by atoms with Gasteiger partial charge in [0.15, 0.2) is 5.78 Å². The quantitative estimate of drug-likeness (QED) is 0.594. The highest BCUT2D eigenvalue weighted by Gasteiger charge is 2.16. The summed E-state index contributed by atoms with van der Waals surface area (Å²) >= 11 is 5.15. The zero-order valence-corrected chi connectivity index (χ0v) is 7.11. The van der Waals surface area contributed by atoms with E-state index in [0.717, 1.165) is 0 Å². The lowest BCUT2D eigenvalue weighted by atomic mass is 10.1. The molecule has 0 saturated carbocycles. The first-order valence-corrected chi connectivity index (χ1v) is 3.87. The number of carbonyl (C=O) groups excluding carboxylic acids is 1. The van der Waals surface area contributed by atoms with Crippen LogP contribution in [0, 0.1) is 11.6 Å². The topological polar surface area (TPSA) is 37.3 Å². The molecule has 0 radical (unpaired) electrons. The number of rotatable bonds is 2. The average Bonchev–Trinajstić information content (AvgIpc) is 2.02. The Morgan fingerprint density at radius 2 is 2.08 bits per heavy atom. The van der Waals surface area contributed by atoms with Crippen LogP contribution in [0.5, 0.6) is 5.75 Å². The molecule has 0 saturated heterocycles. The summed E-state index contributed by atoms with van der Waals surface area (Å²) in [6, 6.07) is 1.17. The molecule has 1 rings (SSSR count). The van der Waals surface area contributed by atoms with E-state index in [1.165, 1.54) is 0 Å². The van der Waals surface area contributed by atoms with E-state index in [9.17, 15) is 13.6 Å². The molecule has 0 atom stereocenters. The molecule has 0 bridgehead atoms. The maximum Gasteiger partial charge on any atom is 0.184 e. The number of hydrogen-bond donors (Lipinski definition) is 1. The molecule has 0 fully saturated rings. The van der Waals surface area contributed by atoms with E-state index in [1.54, 1.807) is 0 Å². The SMILES string of the molecule is O=C(CCl)c1c(O)cc(F)cc1F. The third-order valence-electron chi connectivity index (χ3n) is 1.43. The lowest BCUT2D eigenvalue weighted by Crippen LogP contribution is -2.04. The van der Waals surface area contributed by atoms with Crippen LogP contribution in [0.15, 0.2) is 12.1 Å². The van der Waals surface area contributed by atoms with E-state index in [0.29, 0.717) is 12.1 Å². The van der Waals surface area contributed by atoms with Crippen molar-refractivity contribution in [3.8, 4) is 5.75 Å². The van der Waals surface area contributed by atoms with Crippen LogP contribution >= 0.6 is 11.6 Å². The molecule has 1 aromatic carbocycles. The number of carbonyl (C=O) groups is 1. The minimum Gasteiger partial charge on any atom is -0.507 e. The summed E-state index contributed by atoms with van der Waals surface area (Å²) in [4.78, 5) is 10.9. The first-order chi connectivity index (χ1) is 6.06. The van der Waals surface area contributed by atoms with Gasteiger partial charge in [-0.15, -0.1) is 11.6 Å². The van der Waals surface area contributed by atoms with E-state index in [-0.39, 0.29) is 0 Å². The largest absolute Gasteiger partial charge is 0.507 e. The van der Waals surface area contributed by atoms with E-state index in [4.69, 9.17) is 16.7 Å². The predicted octanol–water partition coefficient (Wildman–Crippen LogP) is 2.09. The fourth-order valence-corrected chi connectivity index (χ4v) is 1.04. The minimum atomic E-state index is -1.11. The first-order valence-electron chi connectivity index (χ1n) is 3.33. The van der Waals surface area contributed by atoms with Crippen LogP contribution in [0.25, 0.3) is 0 Å². The number of aromatic hydroxyl groups is 1. The Bertz CT molecular complexity index is 329. The molecule has 70 valence electrons. The Hall–Kier alpha value is -1.16. The molecule has 2 nitrogen and oxygen atoms in total. The number of Topliss-reactive ketones (excluding diaryl/α,β-unsaturated/α-hetero) is 1. The van der Waals surface area contributed by atoms with Gasteiger partial charge in [0, 0.05) is 12.1 Å². The van der Waals surface area contributed by atoms with Gasteiger partial charge in [-0.2, -0.15) is 0 Å². The molecule has 0 aliphatic rings. The van der Waals surface area contributed by atoms with Crippen LogP contribution in [0.4, 0.5) is 8.78 Å². The molecular weight excluding hydrogens is 202 g/mol. The van der Waals surface area contributed by atoms with Crippen molar-refractivity contribution < 1.29 is 18.7 Å². The van der Waals surface area contributed by atoms with Gasteiger partial charge >= 0.3 is 0 Å². The summed E-state index contributed by atoms with van der Waals surface area (Å²) in [5, 5.41) is 9.01. The van der Waals surface area contributed by atoms with E-state index < -0.39 is 34.6 Å². The summed E-state index contributed by atoms with van der Waals surface area (Å²) in [7, 11) is 0. The second-order valence-corrected chi connectivity index (χ2v) is 2.61. The normalized spacial score (nSPS) is 10.1. The maximum atomic E-state index is 12.9. The van der Waals surface area contributed by atoms with Crippen molar-refractivity contribution in [3.63, 3.8) is 0 Å². The lowest BCUT2D eigenvalue weighted by molar-refractivity contribution is 0.101. The number of ketones is 1. The summed E-state index contributed by atoms with van der Waals surface area (Å²) in [6.45, 7) is 0. The number of hydrogen-bond acceptors (Lipinski definition) is 2. The third-order valence-corrected chi connectivity index (χ3v) is 1.68. The van der Waals surface area contributed by atoms with Crippen LogP contribution < -0.4 is 0 Å². The van der Waals surface area contributed by atoms with Gasteiger partial charge in [-0.3, -0.25) is 4.79 Å². The van der Waals surface area contributed by atoms with Crippen molar-refractivity contribution in [2.75, 3.05) is 5.88 Å². The minimum absolute atomic E-state index is 0.462. The van der Waals surface area contributed by atoms with Crippen LogP contribution in [0.1, 0.15) is 10.4 Å². The van der Waals surface area contributed by atoms with Crippen molar-refractivity contribution in [1.29, 1.82) is 0 Å². The van der Waals surface area contributed by atoms with Crippen LogP contribution in [-0.4, -0.2) is 16.8 Å². The average molecular weight is 207 g/mol. The van der Waals surface area contributed by atoms with Crippen LogP contribution in [0.2, 0.25) is 0 Å². The van der Waals surface area contributed by atoms with Gasteiger partial charge in [0.05, 0.1) is 11.4 Å². The Morgan fingerprint density at radius 1 is 1.46 bits per heavy atom. The number of phenols is 1. The number of benzene rings is 1. The van der Waals surface area contributed by atoms with Gasteiger partial charge in [0.2, 0.25) is 0 Å². The summed E-state index contributed by atoms with van der Waals surface area (Å²) in [5.74, 6) is -4.03. The Labute approximate surface area is 77.8 Å². The van der Waals surface area contributed by atoms with Gasteiger partial charge in [-0.1, -0.05) is 0 Å². The summed E-state index contributed by atoms with van der Waals surface area (Å²) in [6.07, 6.45) is 0. The Balaban J connectivity index is 3.28. The van der Waals surface area contributed by atoms with Crippen LogP contribution in [-0.2, 0) is 0 Å². The van der Waals surface area contributed by atoms with Gasteiger partial charge in [0.1, 0.15) is 17.4 Å². The van der Waals surface area contributed by atoms with Crippen LogP contribution in [0.3, 0.4) is 0 Å². The van der Waals surface area contributed by atoms with Gasteiger partial charge < -0.3 is 5.11 Å². The highest BCUT2D eigenvalue weighted by atomic mass is 35.5. The predicted molar refractivity (Wildman–Crippen MR) is 43.1 cm³/mol. The van der Waals surface area contributed by atoms with Crippen molar-refractivity contribution >= 4 is 17.4 Å². The molecule has 13 heavy (non-hydrogen) atoms. The van der Waals surface area contributed by atoms with E-state index >= 15 is 0 Å². The zero-order chi connectivity index (χ0) is 10.0. The lowest BCUT2D eigenvalue weighted by Gasteiger charge is -2.02. The van der Waals surface area contributed by atoms with Gasteiger partial charge in [-0.05, 0) is 0 Å². The standard InChI is InChI=1S/C8H5ClF2O2/c9-3-7(13)8-5(11)1-4(10)2-6(8)12/h1-2,12H,3H2. The molecule has 0 heterocycles. The number of alkyl halides is 1. The fraction of sp³-hybridized carbons (Fsp3) is 0.125. The monoisotopic (exact) mass is 206 g/mol. The first kappa shape index (κ1) is 9.92. The number of phenolic OH excluding ortho intramolecular Hbond substituents is 1. The fourth-order valence-electron chi connectivity index (χ4n) is 0.903. The Kier molecular flexibility index (Phi) is 2.83. The zero-order valence-electron chi connectivity index (χ0n) is 6.35. The van der Waals surface area contributed by atoms with E-state index in [2.05, 4.69) is 0 Å². The molecule has 1 aromatic rings. The highest BCUT2D eigenvalue weighted by molar-refractivity contribution is 6.30. The summed E-state index contributed by atoms with van der Waals surface area (Å²) in [5.41, 5.74) is -0.573. The molecule has 0 aromatic heterocycles. The maximum absolute atomic E-state index is 12.9. The molecular formula is C8H5ClF2O2. The van der Waals surface area contributed by atoms with Crippen molar-refractivity contribution in [1.82, 2.24) is 0 Å². The molecule has 1 N–H and O–H groups in total. The Morgan fingerprint density at radius 3 is 2.54 bits per heavy atom. The molecule has 0 unspecified atom stereocenters. The molecule has 0 aliphatic carbocycles. The molecule has 0 aliphatic heterocycles. The second kappa shape index (κ2) is 3.70. The van der Waals surface area contributed by atoms with Gasteiger partial charge in [0.25, 0.3) is 0 Å². The molecule has 0 amide bonds. The van der Waals surface area contributed by atoms with Crippen molar-refractivity contribution in [3.05, 3.63) is 29.3 Å². The number of halogens is 3. The second-order valence-electron chi connectivity index (χ2n) is 2.34. The van der Waals surface area contributed by atoms with Gasteiger partial charge in [-0.25, -0.2) is 8.78 Å². The summed E-state index contributed by atoms with van der Waals surface area (Å²) < 4.78 is 25.3. The highest BCUT2D eigenvalue weighted by Crippen LogP contribution is 2.22. The van der Waals surface area contributed by atoms with E-state index in [1.807, 2.05) is 0 Å². The molecule has 0 spiro atoms.